The van der Waals surface area contributed by atoms with Gasteiger partial charge in [0.25, 0.3) is 0 Å². The molecule has 0 radical (unpaired) electrons. The smallest absolute Gasteiger partial charge is 0.248 e. The molecule has 1 aromatic rings. The van der Waals surface area contributed by atoms with Crippen LogP contribution in [0.25, 0.3) is 0 Å². The summed E-state index contributed by atoms with van der Waals surface area (Å²) in [6.45, 7) is 2.09. The third-order valence-corrected chi connectivity index (χ3v) is 2.97. The number of carbonyl (C=O) groups excluding carboxylic acids is 2. The average Bonchev–Trinajstić information content (AvgIpc) is 2.77. The van der Waals surface area contributed by atoms with Gasteiger partial charge in [-0.3, -0.25) is 14.4 Å². The van der Waals surface area contributed by atoms with E-state index >= 15 is 0 Å². The van der Waals surface area contributed by atoms with E-state index in [9.17, 15) is 18.4 Å². The van der Waals surface area contributed by atoms with Crippen molar-refractivity contribution < 1.29 is 23.2 Å². The van der Waals surface area contributed by atoms with Gasteiger partial charge in [-0.25, -0.2) is 14.3 Å². The lowest BCUT2D eigenvalue weighted by atomic mass is 10.1. The number of carbonyl (C=O) groups is 2. The van der Waals surface area contributed by atoms with Crippen molar-refractivity contribution in [3.8, 4) is 0 Å². The summed E-state index contributed by atoms with van der Waals surface area (Å²) in [6, 6.07) is 2.84. The first-order valence-electron chi connectivity index (χ1n) is 6.19. The first-order chi connectivity index (χ1) is 9.51. The summed E-state index contributed by atoms with van der Waals surface area (Å²) in [5.41, 5.74) is 2.33. The minimum absolute atomic E-state index is 0.0168. The van der Waals surface area contributed by atoms with Gasteiger partial charge in [-0.2, -0.15) is 0 Å². The predicted molar refractivity (Wildman–Crippen MR) is 66.6 cm³/mol. The van der Waals surface area contributed by atoms with E-state index in [4.69, 9.17) is 4.84 Å². The molecule has 0 aliphatic carbocycles. The number of amides is 2. The third kappa shape index (κ3) is 3.11. The van der Waals surface area contributed by atoms with E-state index in [-0.39, 0.29) is 24.6 Å². The number of benzene rings is 1. The van der Waals surface area contributed by atoms with Gasteiger partial charge in [0.1, 0.15) is 11.6 Å². The first-order valence-corrected chi connectivity index (χ1v) is 6.19. The maximum Gasteiger partial charge on any atom is 0.248 e. The van der Waals surface area contributed by atoms with Gasteiger partial charge in [-0.15, -0.1) is 0 Å². The van der Waals surface area contributed by atoms with Gasteiger partial charge in [0.05, 0.1) is 12.5 Å². The molecule has 2 rings (SSSR count). The van der Waals surface area contributed by atoms with Crippen molar-refractivity contribution in [2.45, 2.75) is 13.3 Å². The lowest BCUT2D eigenvalue weighted by Gasteiger charge is -2.16. The largest absolute Gasteiger partial charge is 0.311 e. The lowest BCUT2D eigenvalue weighted by Crippen LogP contribution is -2.33. The summed E-state index contributed by atoms with van der Waals surface area (Å²) in [5, 5.41) is 0. The predicted octanol–water partition coefficient (Wildman–Crippen LogP) is 1.39. The molecule has 0 saturated carbocycles. The molecule has 5 nitrogen and oxygen atoms in total. The maximum absolute atomic E-state index is 13.2. The van der Waals surface area contributed by atoms with E-state index in [2.05, 4.69) is 5.48 Å². The van der Waals surface area contributed by atoms with Crippen LogP contribution in [0.2, 0.25) is 0 Å². The molecule has 1 aromatic carbocycles. The van der Waals surface area contributed by atoms with Crippen LogP contribution >= 0.6 is 0 Å². The van der Waals surface area contributed by atoms with Crippen molar-refractivity contribution >= 4 is 17.5 Å². The van der Waals surface area contributed by atoms with Crippen LogP contribution < -0.4 is 10.4 Å². The van der Waals surface area contributed by atoms with Crippen molar-refractivity contribution in [3.05, 3.63) is 29.8 Å². The van der Waals surface area contributed by atoms with Crippen molar-refractivity contribution in [1.29, 1.82) is 0 Å². The Morgan fingerprint density at radius 1 is 1.40 bits per heavy atom. The van der Waals surface area contributed by atoms with Crippen LogP contribution in [0.1, 0.15) is 13.3 Å². The Bertz CT molecular complexity index is 516. The van der Waals surface area contributed by atoms with Crippen LogP contribution in [0.3, 0.4) is 0 Å². The SMILES string of the molecule is CCONC(=O)C1CC(=O)N(c2cc(F)cc(F)c2)C1. The Morgan fingerprint density at radius 2 is 2.05 bits per heavy atom. The topological polar surface area (TPSA) is 58.6 Å². The van der Waals surface area contributed by atoms with Gasteiger partial charge in [-0.1, -0.05) is 0 Å². The zero-order valence-electron chi connectivity index (χ0n) is 10.9. The molecule has 0 spiro atoms. The molecular weight excluding hydrogens is 270 g/mol. The summed E-state index contributed by atoms with van der Waals surface area (Å²) in [4.78, 5) is 29.5. The molecule has 0 bridgehead atoms. The number of hydroxylamine groups is 1. The monoisotopic (exact) mass is 284 g/mol. The Labute approximate surface area is 114 Å². The Balaban J connectivity index is 2.11. The van der Waals surface area contributed by atoms with Gasteiger partial charge in [0.2, 0.25) is 11.8 Å². The van der Waals surface area contributed by atoms with Crippen molar-refractivity contribution in [2.75, 3.05) is 18.1 Å². The van der Waals surface area contributed by atoms with Crippen LogP contribution in [-0.4, -0.2) is 25.0 Å². The maximum atomic E-state index is 13.2. The van der Waals surface area contributed by atoms with Crippen molar-refractivity contribution in [3.63, 3.8) is 0 Å². The number of hydrogen-bond donors (Lipinski definition) is 1. The Hall–Kier alpha value is -2.02. The fraction of sp³-hybridized carbons (Fsp3) is 0.385. The highest BCUT2D eigenvalue weighted by Crippen LogP contribution is 2.26. The quantitative estimate of drug-likeness (QED) is 0.850. The second-order valence-electron chi connectivity index (χ2n) is 4.43. The number of halogens is 2. The van der Waals surface area contributed by atoms with Crippen LogP contribution in [0.5, 0.6) is 0 Å². The molecule has 1 fully saturated rings. The minimum atomic E-state index is -0.769. The van der Waals surface area contributed by atoms with E-state index in [0.29, 0.717) is 6.61 Å². The van der Waals surface area contributed by atoms with E-state index in [0.717, 1.165) is 18.2 Å². The summed E-state index contributed by atoms with van der Waals surface area (Å²) in [6.07, 6.45) is -0.0168. The Kier molecular flexibility index (Phi) is 4.29. The van der Waals surface area contributed by atoms with Gasteiger partial charge in [-0.05, 0) is 19.1 Å². The summed E-state index contributed by atoms with van der Waals surface area (Å²) in [7, 11) is 0. The summed E-state index contributed by atoms with van der Waals surface area (Å²) >= 11 is 0. The molecule has 7 heteroatoms. The molecule has 1 N–H and O–H groups in total. The number of nitrogens with one attached hydrogen (secondary N) is 1. The number of hydrogen-bond acceptors (Lipinski definition) is 3. The number of rotatable bonds is 4. The highest BCUT2D eigenvalue weighted by Gasteiger charge is 2.35. The molecule has 108 valence electrons. The van der Waals surface area contributed by atoms with Gasteiger partial charge in [0.15, 0.2) is 0 Å². The van der Waals surface area contributed by atoms with Gasteiger partial charge < -0.3 is 4.90 Å². The molecule has 1 atom stereocenters. The lowest BCUT2D eigenvalue weighted by molar-refractivity contribution is -0.137. The second-order valence-corrected chi connectivity index (χ2v) is 4.43. The van der Waals surface area contributed by atoms with Crippen LogP contribution in [-0.2, 0) is 14.4 Å². The van der Waals surface area contributed by atoms with E-state index in [1.807, 2.05) is 0 Å². The fourth-order valence-corrected chi connectivity index (χ4v) is 2.05. The molecular formula is C13H14F2N2O3. The van der Waals surface area contributed by atoms with Gasteiger partial charge >= 0.3 is 0 Å². The van der Waals surface area contributed by atoms with Crippen molar-refractivity contribution in [2.24, 2.45) is 5.92 Å². The van der Waals surface area contributed by atoms with Gasteiger partial charge in [0, 0.05) is 24.7 Å². The molecule has 1 aliphatic rings. The first kappa shape index (κ1) is 14.4. The van der Waals surface area contributed by atoms with E-state index < -0.39 is 23.5 Å². The normalized spacial score (nSPS) is 18.4. The van der Waals surface area contributed by atoms with Crippen LogP contribution in [0.4, 0.5) is 14.5 Å². The number of nitrogens with zero attached hydrogens (tertiary/aromatic N) is 1. The highest BCUT2D eigenvalue weighted by molar-refractivity contribution is 6.00. The molecule has 20 heavy (non-hydrogen) atoms. The average molecular weight is 284 g/mol. The Morgan fingerprint density at radius 3 is 2.65 bits per heavy atom. The fourth-order valence-electron chi connectivity index (χ4n) is 2.05. The highest BCUT2D eigenvalue weighted by atomic mass is 19.1. The molecule has 1 heterocycles. The van der Waals surface area contributed by atoms with E-state index in [1.165, 1.54) is 4.90 Å². The summed E-state index contributed by atoms with van der Waals surface area (Å²) < 4.78 is 26.3. The molecule has 2 amide bonds. The molecule has 1 aliphatic heterocycles. The third-order valence-electron chi connectivity index (χ3n) is 2.97. The van der Waals surface area contributed by atoms with Crippen LogP contribution in [0.15, 0.2) is 18.2 Å². The minimum Gasteiger partial charge on any atom is -0.311 e. The summed E-state index contributed by atoms with van der Waals surface area (Å²) in [5.74, 6) is -2.91. The molecule has 1 unspecified atom stereocenters. The molecule has 1 saturated heterocycles. The van der Waals surface area contributed by atoms with E-state index in [1.54, 1.807) is 6.92 Å². The zero-order valence-corrected chi connectivity index (χ0v) is 10.9. The second kappa shape index (κ2) is 5.96. The van der Waals surface area contributed by atoms with Crippen molar-refractivity contribution in [1.82, 2.24) is 5.48 Å². The van der Waals surface area contributed by atoms with Crippen LogP contribution in [0, 0.1) is 17.6 Å². The number of anilines is 1. The molecule has 0 aromatic heterocycles. The standard InChI is InChI=1S/C13H14F2N2O3/c1-2-20-16-13(19)8-3-12(18)17(7-8)11-5-9(14)4-10(15)6-11/h4-6,8H,2-3,7H2,1H3,(H,16,19). The zero-order chi connectivity index (χ0) is 14.7.